The SMILES string of the molecule is CC(C)OC(=O)CN1CCc2sccc2C1C. The molecule has 1 unspecified atom stereocenters. The van der Waals surface area contributed by atoms with E-state index in [1.54, 1.807) is 0 Å². The fourth-order valence-electron chi connectivity index (χ4n) is 2.24. The van der Waals surface area contributed by atoms with Gasteiger partial charge in [0.15, 0.2) is 0 Å². The molecule has 1 aromatic heterocycles. The van der Waals surface area contributed by atoms with Gasteiger partial charge in [-0.05, 0) is 44.2 Å². The molecule has 0 spiro atoms. The maximum absolute atomic E-state index is 11.7. The van der Waals surface area contributed by atoms with Crippen LogP contribution in [0.1, 0.15) is 37.3 Å². The van der Waals surface area contributed by atoms with Gasteiger partial charge in [-0.15, -0.1) is 11.3 Å². The number of thiophene rings is 1. The minimum absolute atomic E-state index is 0.0284. The van der Waals surface area contributed by atoms with Crippen molar-refractivity contribution in [1.82, 2.24) is 4.90 Å². The smallest absolute Gasteiger partial charge is 0.320 e. The number of carbonyl (C=O) groups is 1. The van der Waals surface area contributed by atoms with Gasteiger partial charge < -0.3 is 4.74 Å². The third kappa shape index (κ3) is 2.87. The highest BCUT2D eigenvalue weighted by Gasteiger charge is 2.26. The maximum atomic E-state index is 11.7. The van der Waals surface area contributed by atoms with Gasteiger partial charge in [-0.3, -0.25) is 9.69 Å². The van der Waals surface area contributed by atoms with Crippen molar-refractivity contribution in [2.75, 3.05) is 13.1 Å². The lowest BCUT2D eigenvalue weighted by Gasteiger charge is -2.32. The molecule has 0 aliphatic carbocycles. The van der Waals surface area contributed by atoms with Crippen LogP contribution in [0.15, 0.2) is 11.4 Å². The van der Waals surface area contributed by atoms with E-state index in [1.165, 1.54) is 10.4 Å². The van der Waals surface area contributed by atoms with Crippen molar-refractivity contribution in [1.29, 1.82) is 0 Å². The first-order valence-electron chi connectivity index (χ1n) is 6.07. The summed E-state index contributed by atoms with van der Waals surface area (Å²) in [7, 11) is 0. The van der Waals surface area contributed by atoms with E-state index in [2.05, 4.69) is 23.3 Å². The molecule has 0 N–H and O–H groups in total. The van der Waals surface area contributed by atoms with Crippen LogP contribution in [0.25, 0.3) is 0 Å². The summed E-state index contributed by atoms with van der Waals surface area (Å²) < 4.78 is 5.19. The summed E-state index contributed by atoms with van der Waals surface area (Å²) in [6.07, 6.45) is 1.02. The molecule has 0 bridgehead atoms. The number of hydrogen-bond acceptors (Lipinski definition) is 4. The average molecular weight is 253 g/mol. The number of ether oxygens (including phenoxy) is 1. The predicted molar refractivity (Wildman–Crippen MR) is 69.2 cm³/mol. The Morgan fingerprint density at radius 2 is 2.41 bits per heavy atom. The molecule has 94 valence electrons. The molecule has 0 radical (unpaired) electrons. The lowest BCUT2D eigenvalue weighted by Crippen LogP contribution is -2.38. The van der Waals surface area contributed by atoms with Crippen LogP contribution >= 0.6 is 11.3 Å². The van der Waals surface area contributed by atoms with E-state index in [4.69, 9.17) is 4.74 Å². The minimum atomic E-state index is -0.120. The molecule has 1 aliphatic rings. The van der Waals surface area contributed by atoms with Gasteiger partial charge in [0.1, 0.15) is 0 Å². The fourth-order valence-corrected chi connectivity index (χ4v) is 3.21. The number of fused-ring (bicyclic) bond motifs is 1. The summed E-state index contributed by atoms with van der Waals surface area (Å²) in [4.78, 5) is 15.3. The molecule has 2 rings (SSSR count). The van der Waals surface area contributed by atoms with E-state index in [0.29, 0.717) is 12.6 Å². The van der Waals surface area contributed by atoms with Crippen molar-refractivity contribution >= 4 is 17.3 Å². The van der Waals surface area contributed by atoms with E-state index in [1.807, 2.05) is 25.2 Å². The first kappa shape index (κ1) is 12.6. The molecule has 0 amide bonds. The second kappa shape index (κ2) is 5.19. The van der Waals surface area contributed by atoms with Crippen LogP contribution < -0.4 is 0 Å². The van der Waals surface area contributed by atoms with E-state index in [-0.39, 0.29) is 12.1 Å². The van der Waals surface area contributed by atoms with Crippen molar-refractivity contribution in [2.24, 2.45) is 0 Å². The topological polar surface area (TPSA) is 29.5 Å². The van der Waals surface area contributed by atoms with Crippen molar-refractivity contribution in [3.05, 3.63) is 21.9 Å². The monoisotopic (exact) mass is 253 g/mol. The number of esters is 1. The van der Waals surface area contributed by atoms with Gasteiger partial charge in [-0.2, -0.15) is 0 Å². The second-order valence-corrected chi connectivity index (χ2v) is 5.73. The number of rotatable bonds is 3. The molecule has 1 aromatic rings. The maximum Gasteiger partial charge on any atom is 0.320 e. The van der Waals surface area contributed by atoms with Crippen molar-refractivity contribution in [3.63, 3.8) is 0 Å². The van der Waals surface area contributed by atoms with Gasteiger partial charge in [0.2, 0.25) is 0 Å². The van der Waals surface area contributed by atoms with Gasteiger partial charge in [0.05, 0.1) is 12.6 Å². The molecule has 4 heteroatoms. The Morgan fingerprint density at radius 3 is 3.12 bits per heavy atom. The number of nitrogens with zero attached hydrogens (tertiary/aromatic N) is 1. The Balaban J connectivity index is 1.98. The molecule has 0 aromatic carbocycles. The van der Waals surface area contributed by atoms with Crippen molar-refractivity contribution in [2.45, 2.75) is 39.3 Å². The van der Waals surface area contributed by atoms with Gasteiger partial charge in [0.25, 0.3) is 0 Å². The quantitative estimate of drug-likeness (QED) is 0.776. The van der Waals surface area contributed by atoms with Crippen LogP contribution in [0.2, 0.25) is 0 Å². The van der Waals surface area contributed by atoms with Crippen LogP contribution in [-0.2, 0) is 16.0 Å². The van der Waals surface area contributed by atoms with Crippen LogP contribution in [0, 0.1) is 0 Å². The Bertz CT molecular complexity index is 400. The first-order chi connectivity index (χ1) is 8.08. The molecular weight excluding hydrogens is 234 g/mol. The zero-order valence-corrected chi connectivity index (χ0v) is 11.4. The summed E-state index contributed by atoms with van der Waals surface area (Å²) >= 11 is 1.82. The minimum Gasteiger partial charge on any atom is -0.462 e. The zero-order chi connectivity index (χ0) is 12.4. The van der Waals surface area contributed by atoms with Crippen LogP contribution in [-0.4, -0.2) is 30.1 Å². The predicted octanol–water partition coefficient (Wildman–Crippen LogP) is 2.62. The average Bonchev–Trinajstić information content (AvgIpc) is 2.69. The Hall–Kier alpha value is -0.870. The molecule has 2 heterocycles. The fraction of sp³-hybridized carbons (Fsp3) is 0.615. The molecule has 3 nitrogen and oxygen atoms in total. The van der Waals surface area contributed by atoms with Crippen molar-refractivity contribution in [3.8, 4) is 0 Å². The normalized spacial score (nSPS) is 20.4. The zero-order valence-electron chi connectivity index (χ0n) is 10.6. The van der Waals surface area contributed by atoms with Crippen LogP contribution in [0.3, 0.4) is 0 Å². The van der Waals surface area contributed by atoms with Gasteiger partial charge in [-0.1, -0.05) is 0 Å². The molecular formula is C13H19NO2S. The molecule has 0 saturated heterocycles. The van der Waals surface area contributed by atoms with E-state index < -0.39 is 0 Å². The molecule has 0 saturated carbocycles. The highest BCUT2D eigenvalue weighted by molar-refractivity contribution is 7.10. The van der Waals surface area contributed by atoms with E-state index >= 15 is 0 Å². The lowest BCUT2D eigenvalue weighted by molar-refractivity contribution is -0.149. The summed E-state index contributed by atoms with van der Waals surface area (Å²) in [5.41, 5.74) is 1.37. The van der Waals surface area contributed by atoms with E-state index in [0.717, 1.165) is 13.0 Å². The highest BCUT2D eigenvalue weighted by Crippen LogP contribution is 2.32. The third-order valence-corrected chi connectivity index (χ3v) is 4.10. The highest BCUT2D eigenvalue weighted by atomic mass is 32.1. The number of carbonyl (C=O) groups excluding carboxylic acids is 1. The molecule has 1 atom stereocenters. The third-order valence-electron chi connectivity index (χ3n) is 3.10. The summed E-state index contributed by atoms with van der Waals surface area (Å²) in [6, 6.07) is 2.50. The largest absolute Gasteiger partial charge is 0.462 e. The standard InChI is InChI=1S/C13H19NO2S/c1-9(2)16-13(15)8-14-6-4-12-11(10(14)3)5-7-17-12/h5,7,9-10H,4,6,8H2,1-3H3. The number of hydrogen-bond donors (Lipinski definition) is 0. The molecule has 17 heavy (non-hydrogen) atoms. The Labute approximate surface area is 106 Å². The van der Waals surface area contributed by atoms with E-state index in [9.17, 15) is 4.79 Å². The molecule has 0 fully saturated rings. The van der Waals surface area contributed by atoms with Crippen LogP contribution in [0.5, 0.6) is 0 Å². The lowest BCUT2D eigenvalue weighted by atomic mass is 10.0. The van der Waals surface area contributed by atoms with Crippen molar-refractivity contribution < 1.29 is 9.53 Å². The summed E-state index contributed by atoms with van der Waals surface area (Å²) in [5, 5.41) is 2.14. The Morgan fingerprint density at radius 1 is 1.65 bits per heavy atom. The first-order valence-corrected chi connectivity index (χ1v) is 6.95. The van der Waals surface area contributed by atoms with Gasteiger partial charge in [-0.25, -0.2) is 0 Å². The summed E-state index contributed by atoms with van der Waals surface area (Å²) in [5.74, 6) is -0.120. The van der Waals surface area contributed by atoms with Gasteiger partial charge in [0, 0.05) is 17.5 Å². The van der Waals surface area contributed by atoms with Crippen LogP contribution in [0.4, 0.5) is 0 Å². The van der Waals surface area contributed by atoms with Gasteiger partial charge >= 0.3 is 5.97 Å². The second-order valence-electron chi connectivity index (χ2n) is 4.73. The molecule has 1 aliphatic heterocycles. The Kier molecular flexibility index (Phi) is 3.84. The summed E-state index contributed by atoms with van der Waals surface area (Å²) in [6.45, 7) is 7.27.